The molecule has 1 amide bonds. The largest absolute Gasteiger partial charge is 0.493 e. The first-order chi connectivity index (χ1) is 12.9. The number of carbonyl (C=O) groups is 1. The van der Waals surface area contributed by atoms with Crippen molar-refractivity contribution in [1.82, 2.24) is 4.90 Å². The highest BCUT2D eigenvalue weighted by Gasteiger charge is 2.23. The second-order valence-corrected chi connectivity index (χ2v) is 7.06. The zero-order chi connectivity index (χ0) is 19.6. The molecule has 0 atom stereocenters. The summed E-state index contributed by atoms with van der Waals surface area (Å²) < 4.78 is 16.6. The Morgan fingerprint density at radius 1 is 0.963 bits per heavy atom. The third kappa shape index (κ3) is 4.02. The van der Waals surface area contributed by atoms with E-state index in [0.29, 0.717) is 18.8 Å². The van der Waals surface area contributed by atoms with Crippen molar-refractivity contribution in [1.29, 1.82) is 0 Å². The van der Waals surface area contributed by atoms with E-state index in [0.717, 1.165) is 34.6 Å². The van der Waals surface area contributed by atoms with Crippen molar-refractivity contribution < 1.29 is 19.0 Å². The number of fused-ring (bicyclic) bond motifs is 1. The Hall–Kier alpha value is -2.69. The minimum absolute atomic E-state index is 0.00481. The molecule has 0 unspecified atom stereocenters. The smallest absolute Gasteiger partial charge is 0.260 e. The van der Waals surface area contributed by atoms with Crippen molar-refractivity contribution in [3.8, 4) is 17.2 Å². The normalized spacial score (nSPS) is 13.1. The molecular formula is C22H27NO4. The lowest BCUT2D eigenvalue weighted by Gasteiger charge is -2.29. The molecule has 0 N–H and O–H groups in total. The number of hydrogen-bond acceptors (Lipinski definition) is 4. The number of methoxy groups -OCH3 is 2. The lowest BCUT2D eigenvalue weighted by molar-refractivity contribution is -0.134. The fraction of sp³-hybridized carbons (Fsp3) is 0.409. The predicted molar refractivity (Wildman–Crippen MR) is 105 cm³/mol. The van der Waals surface area contributed by atoms with Crippen LogP contribution in [0.4, 0.5) is 0 Å². The van der Waals surface area contributed by atoms with Gasteiger partial charge in [-0.1, -0.05) is 17.7 Å². The average Bonchev–Trinajstić information content (AvgIpc) is 2.65. The van der Waals surface area contributed by atoms with E-state index >= 15 is 0 Å². The van der Waals surface area contributed by atoms with Crippen LogP contribution in [0.3, 0.4) is 0 Å². The molecule has 2 aromatic rings. The van der Waals surface area contributed by atoms with Crippen LogP contribution in [0.2, 0.25) is 0 Å². The fourth-order valence-corrected chi connectivity index (χ4v) is 3.72. The maximum Gasteiger partial charge on any atom is 0.260 e. The molecule has 1 aliphatic rings. The van der Waals surface area contributed by atoms with E-state index in [1.165, 1.54) is 11.1 Å². The van der Waals surface area contributed by atoms with Crippen LogP contribution < -0.4 is 14.2 Å². The Kier molecular flexibility index (Phi) is 5.59. The van der Waals surface area contributed by atoms with Crippen molar-refractivity contribution in [3.63, 3.8) is 0 Å². The van der Waals surface area contributed by atoms with E-state index in [-0.39, 0.29) is 12.5 Å². The summed E-state index contributed by atoms with van der Waals surface area (Å²) in [6.07, 6.45) is 0.796. The summed E-state index contributed by atoms with van der Waals surface area (Å²) in [6.45, 7) is 7.37. The van der Waals surface area contributed by atoms with Gasteiger partial charge in [-0.05, 0) is 61.6 Å². The Labute approximate surface area is 160 Å². The van der Waals surface area contributed by atoms with Gasteiger partial charge in [0, 0.05) is 13.1 Å². The van der Waals surface area contributed by atoms with Crippen LogP contribution in [0.25, 0.3) is 0 Å². The first-order valence-electron chi connectivity index (χ1n) is 9.15. The number of benzene rings is 2. The van der Waals surface area contributed by atoms with E-state index in [1.807, 2.05) is 30.9 Å². The van der Waals surface area contributed by atoms with Crippen LogP contribution in [0, 0.1) is 20.8 Å². The standard InChI is InChI=1S/C22H27NO4/c1-14-8-15(2)22(16(3)9-14)27-13-21(24)23-7-6-17-10-19(25-4)20(26-5)11-18(17)12-23/h8-11H,6-7,12-13H2,1-5H3. The summed E-state index contributed by atoms with van der Waals surface area (Å²) in [7, 11) is 3.26. The summed E-state index contributed by atoms with van der Waals surface area (Å²) in [5.74, 6) is 2.21. The first kappa shape index (κ1) is 19.1. The number of aryl methyl sites for hydroxylation is 3. The Morgan fingerprint density at radius 3 is 2.15 bits per heavy atom. The molecule has 0 fully saturated rings. The van der Waals surface area contributed by atoms with E-state index < -0.39 is 0 Å². The minimum Gasteiger partial charge on any atom is -0.493 e. The van der Waals surface area contributed by atoms with Gasteiger partial charge in [0.2, 0.25) is 0 Å². The van der Waals surface area contributed by atoms with Crippen LogP contribution in [0.1, 0.15) is 27.8 Å². The van der Waals surface area contributed by atoms with Gasteiger partial charge in [-0.3, -0.25) is 4.79 Å². The molecule has 1 heterocycles. The number of hydrogen-bond donors (Lipinski definition) is 0. The molecule has 0 saturated heterocycles. The molecule has 0 aliphatic carbocycles. The van der Waals surface area contributed by atoms with Crippen LogP contribution in [0.5, 0.6) is 17.2 Å². The summed E-state index contributed by atoms with van der Waals surface area (Å²) in [5.41, 5.74) is 5.60. The lowest BCUT2D eigenvalue weighted by atomic mass is 9.99. The monoisotopic (exact) mass is 369 g/mol. The quantitative estimate of drug-likeness (QED) is 0.808. The Morgan fingerprint density at radius 2 is 1.56 bits per heavy atom. The number of ether oxygens (including phenoxy) is 3. The van der Waals surface area contributed by atoms with Gasteiger partial charge in [0.15, 0.2) is 18.1 Å². The molecule has 3 rings (SSSR count). The highest BCUT2D eigenvalue weighted by atomic mass is 16.5. The zero-order valence-electron chi connectivity index (χ0n) is 16.7. The van der Waals surface area contributed by atoms with Crippen molar-refractivity contribution in [2.45, 2.75) is 33.7 Å². The highest BCUT2D eigenvalue weighted by Crippen LogP contribution is 2.33. The molecule has 27 heavy (non-hydrogen) atoms. The third-order valence-corrected chi connectivity index (χ3v) is 5.02. The van der Waals surface area contributed by atoms with Gasteiger partial charge in [0.1, 0.15) is 5.75 Å². The zero-order valence-corrected chi connectivity index (χ0v) is 16.7. The van der Waals surface area contributed by atoms with Gasteiger partial charge in [-0.2, -0.15) is 0 Å². The molecule has 5 nitrogen and oxygen atoms in total. The SMILES string of the molecule is COc1cc2c(cc1OC)CN(C(=O)COc1c(C)cc(C)cc1C)CC2. The second-order valence-electron chi connectivity index (χ2n) is 7.06. The van der Waals surface area contributed by atoms with E-state index in [2.05, 4.69) is 19.1 Å². The van der Waals surface area contributed by atoms with Crippen molar-refractivity contribution in [3.05, 3.63) is 52.1 Å². The van der Waals surface area contributed by atoms with Gasteiger partial charge in [0.05, 0.1) is 14.2 Å². The summed E-state index contributed by atoms with van der Waals surface area (Å²) in [6, 6.07) is 8.11. The molecule has 5 heteroatoms. The topological polar surface area (TPSA) is 48.0 Å². The fourth-order valence-electron chi connectivity index (χ4n) is 3.72. The lowest BCUT2D eigenvalue weighted by Crippen LogP contribution is -2.39. The van der Waals surface area contributed by atoms with E-state index in [9.17, 15) is 4.79 Å². The summed E-state index contributed by atoms with van der Waals surface area (Å²) >= 11 is 0. The minimum atomic E-state index is -0.00481. The molecule has 1 aliphatic heterocycles. The van der Waals surface area contributed by atoms with Crippen molar-refractivity contribution in [2.24, 2.45) is 0 Å². The number of nitrogens with zero attached hydrogens (tertiary/aromatic N) is 1. The third-order valence-electron chi connectivity index (χ3n) is 5.02. The van der Waals surface area contributed by atoms with Gasteiger partial charge >= 0.3 is 0 Å². The average molecular weight is 369 g/mol. The molecule has 2 aromatic carbocycles. The number of rotatable bonds is 5. The molecule has 144 valence electrons. The molecule has 0 aromatic heterocycles. The summed E-state index contributed by atoms with van der Waals surface area (Å²) in [5, 5.41) is 0. The molecule has 0 bridgehead atoms. The molecule has 0 saturated carbocycles. The van der Waals surface area contributed by atoms with Gasteiger partial charge in [-0.15, -0.1) is 0 Å². The summed E-state index contributed by atoms with van der Waals surface area (Å²) in [4.78, 5) is 14.5. The predicted octanol–water partition coefficient (Wildman–Crippen LogP) is 3.59. The van der Waals surface area contributed by atoms with Gasteiger partial charge in [-0.25, -0.2) is 0 Å². The van der Waals surface area contributed by atoms with Gasteiger partial charge < -0.3 is 19.1 Å². The van der Waals surface area contributed by atoms with Crippen LogP contribution in [0.15, 0.2) is 24.3 Å². The van der Waals surface area contributed by atoms with Crippen LogP contribution in [-0.2, 0) is 17.8 Å². The van der Waals surface area contributed by atoms with Gasteiger partial charge in [0.25, 0.3) is 5.91 Å². The van der Waals surface area contributed by atoms with Crippen molar-refractivity contribution >= 4 is 5.91 Å². The molecular weight excluding hydrogens is 342 g/mol. The van der Waals surface area contributed by atoms with Crippen LogP contribution in [-0.4, -0.2) is 38.2 Å². The molecule has 0 spiro atoms. The van der Waals surface area contributed by atoms with Crippen LogP contribution >= 0.6 is 0 Å². The Balaban J connectivity index is 1.69. The van der Waals surface area contributed by atoms with E-state index in [1.54, 1.807) is 14.2 Å². The number of carbonyl (C=O) groups excluding carboxylic acids is 1. The van der Waals surface area contributed by atoms with Crippen molar-refractivity contribution in [2.75, 3.05) is 27.4 Å². The van der Waals surface area contributed by atoms with E-state index in [4.69, 9.17) is 14.2 Å². The molecule has 0 radical (unpaired) electrons. The maximum atomic E-state index is 12.7. The Bertz CT molecular complexity index is 837. The first-order valence-corrected chi connectivity index (χ1v) is 9.15. The second kappa shape index (κ2) is 7.91. The number of amides is 1. The maximum absolute atomic E-state index is 12.7. The highest BCUT2D eigenvalue weighted by molar-refractivity contribution is 5.78.